The van der Waals surface area contributed by atoms with E-state index in [4.69, 9.17) is 4.74 Å². The summed E-state index contributed by atoms with van der Waals surface area (Å²) in [4.78, 5) is 29.4. The van der Waals surface area contributed by atoms with E-state index in [2.05, 4.69) is 30.0 Å². The molecule has 1 saturated heterocycles. The molecule has 0 amide bonds. The predicted molar refractivity (Wildman–Crippen MR) is 103 cm³/mol. The van der Waals surface area contributed by atoms with Crippen molar-refractivity contribution in [2.24, 2.45) is 0 Å². The second kappa shape index (κ2) is 7.22. The zero-order chi connectivity index (χ0) is 19.0. The number of H-pyrrole nitrogens is 1. The number of nitrogens with zero attached hydrogens (tertiary/aromatic N) is 5. The highest BCUT2D eigenvalue weighted by molar-refractivity contribution is 7.20. The van der Waals surface area contributed by atoms with Gasteiger partial charge >= 0.3 is 5.97 Å². The van der Waals surface area contributed by atoms with E-state index in [-0.39, 0.29) is 11.9 Å². The average Bonchev–Trinajstić information content (AvgIpc) is 3.26. The van der Waals surface area contributed by atoms with Gasteiger partial charge in [-0.1, -0.05) is 0 Å². The number of piperidine rings is 1. The molecule has 27 heavy (non-hydrogen) atoms. The molecule has 1 N–H and O–H groups in total. The number of hydrogen-bond donors (Lipinski definition) is 1. The third kappa shape index (κ3) is 3.27. The van der Waals surface area contributed by atoms with Gasteiger partial charge in [-0.15, -0.1) is 11.3 Å². The Morgan fingerprint density at radius 2 is 2.26 bits per heavy atom. The van der Waals surface area contributed by atoms with Gasteiger partial charge in [0.05, 0.1) is 12.0 Å². The van der Waals surface area contributed by atoms with E-state index in [9.17, 15) is 4.79 Å². The maximum Gasteiger partial charge on any atom is 0.348 e. The summed E-state index contributed by atoms with van der Waals surface area (Å²) in [7, 11) is 0. The number of esters is 1. The molecule has 0 saturated carbocycles. The molecule has 1 fully saturated rings. The Bertz CT molecular complexity index is 982. The molecule has 9 heteroatoms. The SMILES string of the molecule is CCOC(=O)c1sc2ncnc(N3CCCC(c4n[nH]c(C)n4)C3)c2c1C. The second-order valence-corrected chi connectivity index (χ2v) is 7.72. The first kappa shape index (κ1) is 17.8. The van der Waals surface area contributed by atoms with E-state index in [1.807, 2.05) is 20.8 Å². The zero-order valence-corrected chi connectivity index (χ0v) is 16.5. The van der Waals surface area contributed by atoms with Crippen LogP contribution in [0.4, 0.5) is 5.82 Å². The van der Waals surface area contributed by atoms with E-state index in [0.717, 1.165) is 59.2 Å². The van der Waals surface area contributed by atoms with Crippen molar-refractivity contribution in [2.75, 3.05) is 24.6 Å². The van der Waals surface area contributed by atoms with Gasteiger partial charge in [0.15, 0.2) is 5.82 Å². The van der Waals surface area contributed by atoms with Gasteiger partial charge in [-0.25, -0.2) is 19.7 Å². The number of rotatable bonds is 4. The zero-order valence-electron chi connectivity index (χ0n) is 15.7. The van der Waals surface area contributed by atoms with E-state index in [1.54, 1.807) is 6.33 Å². The smallest absolute Gasteiger partial charge is 0.348 e. The fourth-order valence-electron chi connectivity index (χ4n) is 3.61. The lowest BCUT2D eigenvalue weighted by Crippen LogP contribution is -2.35. The summed E-state index contributed by atoms with van der Waals surface area (Å²) in [6, 6.07) is 0. The number of aryl methyl sites for hydroxylation is 2. The van der Waals surface area contributed by atoms with Gasteiger partial charge in [-0.2, -0.15) is 5.10 Å². The van der Waals surface area contributed by atoms with Crippen LogP contribution in [0.3, 0.4) is 0 Å². The number of carbonyl (C=O) groups excluding carboxylic acids is 1. The molecule has 1 unspecified atom stereocenters. The maximum absolute atomic E-state index is 12.3. The van der Waals surface area contributed by atoms with Gasteiger partial charge in [0.1, 0.15) is 27.7 Å². The lowest BCUT2D eigenvalue weighted by Gasteiger charge is -2.32. The van der Waals surface area contributed by atoms with Crippen molar-refractivity contribution in [2.45, 2.75) is 39.5 Å². The number of ether oxygens (including phenoxy) is 1. The Hall–Kier alpha value is -2.55. The summed E-state index contributed by atoms with van der Waals surface area (Å²) in [6.45, 7) is 7.73. The first-order valence-corrected chi connectivity index (χ1v) is 9.95. The Balaban J connectivity index is 1.69. The van der Waals surface area contributed by atoms with Crippen LogP contribution in [0.5, 0.6) is 0 Å². The average molecular weight is 386 g/mol. The van der Waals surface area contributed by atoms with Gasteiger partial charge in [0.25, 0.3) is 0 Å². The fraction of sp³-hybridized carbons (Fsp3) is 0.500. The second-order valence-electron chi connectivity index (χ2n) is 6.72. The van der Waals surface area contributed by atoms with Gasteiger partial charge in [0.2, 0.25) is 0 Å². The minimum atomic E-state index is -0.295. The molecular formula is C18H22N6O2S. The largest absolute Gasteiger partial charge is 0.462 e. The molecule has 0 aliphatic carbocycles. The summed E-state index contributed by atoms with van der Waals surface area (Å²) in [5.74, 6) is 2.53. The van der Waals surface area contributed by atoms with Crippen LogP contribution in [-0.2, 0) is 4.74 Å². The normalized spacial score (nSPS) is 17.4. The van der Waals surface area contributed by atoms with Crippen LogP contribution < -0.4 is 4.90 Å². The molecule has 142 valence electrons. The molecule has 0 aromatic carbocycles. The molecule has 1 aliphatic heterocycles. The summed E-state index contributed by atoms with van der Waals surface area (Å²) >= 11 is 1.37. The summed E-state index contributed by atoms with van der Waals surface area (Å²) in [5, 5.41) is 8.21. The molecule has 8 nitrogen and oxygen atoms in total. The maximum atomic E-state index is 12.3. The topological polar surface area (TPSA) is 96.9 Å². The molecule has 3 aromatic rings. The van der Waals surface area contributed by atoms with Gasteiger partial charge < -0.3 is 9.64 Å². The minimum Gasteiger partial charge on any atom is -0.462 e. The van der Waals surface area contributed by atoms with Crippen molar-refractivity contribution < 1.29 is 9.53 Å². The Morgan fingerprint density at radius 3 is 3.00 bits per heavy atom. The molecular weight excluding hydrogens is 364 g/mol. The number of thiophene rings is 1. The fourth-order valence-corrected chi connectivity index (χ4v) is 4.64. The van der Waals surface area contributed by atoms with Crippen LogP contribution in [0, 0.1) is 13.8 Å². The van der Waals surface area contributed by atoms with Crippen LogP contribution in [0.2, 0.25) is 0 Å². The minimum absolute atomic E-state index is 0.261. The summed E-state index contributed by atoms with van der Waals surface area (Å²) in [5.41, 5.74) is 0.889. The third-order valence-electron chi connectivity index (χ3n) is 4.87. The van der Waals surface area contributed by atoms with E-state index in [0.29, 0.717) is 11.5 Å². The van der Waals surface area contributed by atoms with Crippen LogP contribution >= 0.6 is 11.3 Å². The molecule has 3 aromatic heterocycles. The quantitative estimate of drug-likeness (QED) is 0.688. The lowest BCUT2D eigenvalue weighted by molar-refractivity contribution is 0.0531. The Labute approximate surface area is 161 Å². The monoisotopic (exact) mass is 386 g/mol. The number of hydrogen-bond acceptors (Lipinski definition) is 8. The van der Waals surface area contributed by atoms with Crippen molar-refractivity contribution in [3.05, 3.63) is 28.4 Å². The number of nitrogens with one attached hydrogen (secondary N) is 1. The first-order valence-electron chi connectivity index (χ1n) is 9.13. The van der Waals surface area contributed by atoms with Gasteiger partial charge in [0, 0.05) is 19.0 Å². The Morgan fingerprint density at radius 1 is 1.41 bits per heavy atom. The van der Waals surface area contributed by atoms with Crippen molar-refractivity contribution in [1.29, 1.82) is 0 Å². The highest BCUT2D eigenvalue weighted by Gasteiger charge is 2.28. The standard InChI is InChI=1S/C18H22N6O2S/c1-4-26-18(25)14-10(2)13-16(19-9-20-17(13)27-14)24-7-5-6-12(8-24)15-21-11(3)22-23-15/h9,12H,4-8H2,1-3H3,(H,21,22,23). The molecule has 0 bridgehead atoms. The lowest BCUT2D eigenvalue weighted by atomic mass is 9.97. The van der Waals surface area contributed by atoms with Crippen LogP contribution in [-0.4, -0.2) is 50.8 Å². The molecule has 4 heterocycles. The van der Waals surface area contributed by atoms with E-state index in [1.165, 1.54) is 11.3 Å². The number of anilines is 1. The van der Waals surface area contributed by atoms with Crippen molar-refractivity contribution in [3.63, 3.8) is 0 Å². The molecule has 0 radical (unpaired) electrons. The van der Waals surface area contributed by atoms with Crippen molar-refractivity contribution >= 4 is 33.3 Å². The molecule has 1 aliphatic rings. The van der Waals surface area contributed by atoms with Gasteiger partial charge in [-0.3, -0.25) is 5.10 Å². The molecule has 4 rings (SSSR count). The van der Waals surface area contributed by atoms with Crippen molar-refractivity contribution in [1.82, 2.24) is 25.1 Å². The number of carbonyl (C=O) groups is 1. The number of aromatic nitrogens is 5. The van der Waals surface area contributed by atoms with Crippen LogP contribution in [0.1, 0.15) is 52.6 Å². The summed E-state index contributed by atoms with van der Waals surface area (Å²) in [6.07, 6.45) is 3.67. The Kier molecular flexibility index (Phi) is 4.77. The van der Waals surface area contributed by atoms with Crippen molar-refractivity contribution in [3.8, 4) is 0 Å². The highest BCUT2D eigenvalue weighted by atomic mass is 32.1. The number of aromatic amines is 1. The molecule has 0 spiro atoms. The predicted octanol–water partition coefficient (Wildman–Crippen LogP) is 2.99. The van der Waals surface area contributed by atoms with E-state index >= 15 is 0 Å². The highest BCUT2D eigenvalue weighted by Crippen LogP contribution is 2.37. The van der Waals surface area contributed by atoms with E-state index < -0.39 is 0 Å². The molecule has 1 atom stereocenters. The number of fused-ring (bicyclic) bond motifs is 1. The summed E-state index contributed by atoms with van der Waals surface area (Å²) < 4.78 is 5.19. The van der Waals surface area contributed by atoms with Crippen LogP contribution in [0.15, 0.2) is 6.33 Å². The first-order chi connectivity index (χ1) is 13.1. The van der Waals surface area contributed by atoms with Gasteiger partial charge in [-0.05, 0) is 39.2 Å². The third-order valence-corrected chi connectivity index (χ3v) is 6.05. The van der Waals surface area contributed by atoms with Crippen LogP contribution in [0.25, 0.3) is 10.2 Å².